The summed E-state index contributed by atoms with van der Waals surface area (Å²) >= 11 is 0. The maximum atomic E-state index is 12.9. The van der Waals surface area contributed by atoms with Crippen LogP contribution in [0.2, 0.25) is 6.04 Å². The van der Waals surface area contributed by atoms with Crippen LogP contribution in [0.3, 0.4) is 0 Å². The Morgan fingerprint density at radius 1 is 0.694 bits per heavy atom. The molecule has 11 heteroatoms. The molecule has 0 saturated carbocycles. The second-order valence-electron chi connectivity index (χ2n) is 13.1. The fourth-order valence-corrected chi connectivity index (χ4v) is 7.83. The number of hydrogen-bond acceptors (Lipinski definition) is 8. The van der Waals surface area contributed by atoms with Crippen LogP contribution in [0.25, 0.3) is 11.1 Å². The van der Waals surface area contributed by atoms with Crippen LogP contribution < -0.4 is 10.6 Å². The van der Waals surface area contributed by atoms with Crippen molar-refractivity contribution in [3.63, 3.8) is 0 Å². The van der Waals surface area contributed by atoms with Crippen molar-refractivity contribution in [2.24, 2.45) is 0 Å². The fourth-order valence-electron chi connectivity index (χ4n) is 5.24. The van der Waals surface area contributed by atoms with Crippen molar-refractivity contribution in [2.45, 2.75) is 79.4 Å². The number of nitrogens with zero attached hydrogens (tertiary/aromatic N) is 1. The Kier molecular flexibility index (Phi) is 16.7. The number of allylic oxidation sites excluding steroid dienone is 2. The summed E-state index contributed by atoms with van der Waals surface area (Å²) < 4.78 is 29.4. The van der Waals surface area contributed by atoms with E-state index in [0.717, 1.165) is 33.4 Å². The molecule has 0 aliphatic heterocycles. The first-order chi connectivity index (χ1) is 23.1. The molecular formula is C38H59N3O7Si. The van der Waals surface area contributed by atoms with E-state index in [1.165, 1.54) is 0 Å². The van der Waals surface area contributed by atoms with Crippen LogP contribution in [0.15, 0.2) is 61.7 Å². The summed E-state index contributed by atoms with van der Waals surface area (Å²) in [6, 6.07) is 16.4. The average molecular weight is 698 g/mol. The van der Waals surface area contributed by atoms with Crippen molar-refractivity contribution in [3.05, 3.63) is 83.9 Å². The van der Waals surface area contributed by atoms with Gasteiger partial charge >= 0.3 is 21.0 Å². The van der Waals surface area contributed by atoms with Crippen LogP contribution in [-0.2, 0) is 33.8 Å². The zero-order chi connectivity index (χ0) is 36.7. The van der Waals surface area contributed by atoms with Gasteiger partial charge in [0.2, 0.25) is 0 Å². The molecule has 0 unspecified atom stereocenters. The van der Waals surface area contributed by atoms with Gasteiger partial charge in [0.05, 0.1) is 11.1 Å². The van der Waals surface area contributed by atoms with Crippen molar-refractivity contribution < 1.29 is 32.3 Å². The topological polar surface area (TPSA) is 108 Å². The summed E-state index contributed by atoms with van der Waals surface area (Å²) in [7, 11) is -2.94. The van der Waals surface area contributed by atoms with E-state index in [1.807, 2.05) is 111 Å². The highest BCUT2D eigenvalue weighted by Gasteiger charge is 2.40. The van der Waals surface area contributed by atoms with Crippen LogP contribution in [0.4, 0.5) is 9.59 Å². The second-order valence-corrected chi connectivity index (χ2v) is 15.8. The lowest BCUT2D eigenvalue weighted by Crippen LogP contribution is -2.49. The number of ether oxygens (including phenoxy) is 2. The lowest BCUT2D eigenvalue weighted by atomic mass is 9.92. The summed E-state index contributed by atoms with van der Waals surface area (Å²) in [5.41, 5.74) is 4.47. The lowest BCUT2D eigenvalue weighted by molar-refractivity contribution is 0.0636. The molecule has 0 spiro atoms. The Morgan fingerprint density at radius 2 is 1.08 bits per heavy atom. The molecule has 0 bridgehead atoms. The van der Waals surface area contributed by atoms with Gasteiger partial charge in [0.25, 0.3) is 0 Å². The maximum absolute atomic E-state index is 12.9. The molecule has 0 aliphatic carbocycles. The highest BCUT2D eigenvalue weighted by atomic mass is 28.4. The highest BCUT2D eigenvalue weighted by molar-refractivity contribution is 6.60. The highest BCUT2D eigenvalue weighted by Crippen LogP contribution is 2.25. The van der Waals surface area contributed by atoms with Crippen molar-refractivity contribution in [2.75, 3.05) is 52.7 Å². The Morgan fingerprint density at radius 3 is 1.43 bits per heavy atom. The van der Waals surface area contributed by atoms with Crippen molar-refractivity contribution in [3.8, 4) is 0 Å². The summed E-state index contributed by atoms with van der Waals surface area (Å²) in [5, 5.41) is 5.95. The smallest absolute Gasteiger partial charge is 0.448 e. The predicted molar refractivity (Wildman–Crippen MR) is 199 cm³/mol. The third-order valence-electron chi connectivity index (χ3n) is 8.09. The molecule has 2 aromatic rings. The Balaban J connectivity index is 2.06. The molecule has 0 aromatic heterocycles. The first-order valence-corrected chi connectivity index (χ1v) is 19.1. The van der Waals surface area contributed by atoms with E-state index in [4.69, 9.17) is 22.8 Å². The van der Waals surface area contributed by atoms with E-state index in [2.05, 4.69) is 28.7 Å². The summed E-state index contributed by atoms with van der Waals surface area (Å²) in [5.74, 6) is 0. The van der Waals surface area contributed by atoms with E-state index in [0.29, 0.717) is 45.5 Å². The SMILES string of the molecule is C=C(C)c1cccc(C(C)(C)NC(=O)OCCN(CCOC(=O)NC(C)(C)c2cccc(C(=C)C)c2)CC[Si](OCC)(OCC)OCC)c1. The number of carbonyl (C=O) groups is 2. The van der Waals surface area contributed by atoms with Gasteiger partial charge in [-0.2, -0.15) is 0 Å². The van der Waals surface area contributed by atoms with E-state index >= 15 is 0 Å². The molecule has 2 amide bonds. The van der Waals surface area contributed by atoms with Gasteiger partial charge in [0.15, 0.2) is 0 Å². The van der Waals surface area contributed by atoms with Crippen LogP contribution >= 0.6 is 0 Å². The molecule has 0 saturated heterocycles. The van der Waals surface area contributed by atoms with Gasteiger partial charge in [-0.15, -0.1) is 0 Å². The van der Waals surface area contributed by atoms with Crippen LogP contribution in [0.5, 0.6) is 0 Å². The molecule has 0 radical (unpaired) electrons. The number of nitrogens with one attached hydrogen (secondary N) is 2. The normalized spacial score (nSPS) is 12.0. The van der Waals surface area contributed by atoms with Gasteiger partial charge in [-0.1, -0.05) is 60.7 Å². The molecule has 0 fully saturated rings. The zero-order valence-corrected chi connectivity index (χ0v) is 32.2. The van der Waals surface area contributed by atoms with Crippen molar-refractivity contribution in [1.29, 1.82) is 0 Å². The standard InChI is InChI=1S/C38H59N3O7Si/c1-12-46-49(47-13-2,48-14-3)26-23-41(21-24-44-35(42)39-37(8,9)33-19-15-17-31(27-33)29(4)5)22-25-45-36(43)40-38(10,11)34-20-16-18-32(28-34)30(6)7/h15-20,27-28H,4,6,12-14,21-26H2,1-3,5,7-11H3,(H,39,42)(H,40,43). The van der Waals surface area contributed by atoms with Gasteiger partial charge in [0, 0.05) is 45.5 Å². The molecule has 10 nitrogen and oxygen atoms in total. The number of rotatable bonds is 21. The Labute approximate surface area is 295 Å². The molecule has 2 aromatic carbocycles. The van der Waals surface area contributed by atoms with Crippen molar-refractivity contribution >= 4 is 32.1 Å². The average Bonchev–Trinajstić information content (AvgIpc) is 3.03. The second kappa shape index (κ2) is 19.6. The van der Waals surface area contributed by atoms with E-state index in [1.54, 1.807) is 0 Å². The summed E-state index contributed by atoms with van der Waals surface area (Å²) in [6.45, 7) is 28.4. The number of hydrogen-bond donors (Lipinski definition) is 2. The third kappa shape index (κ3) is 13.7. The molecule has 0 heterocycles. The number of alkyl carbamates (subject to hydrolysis) is 2. The quantitative estimate of drug-likeness (QED) is 0.128. The van der Waals surface area contributed by atoms with Gasteiger partial charge in [-0.05, 0) is 96.7 Å². The first-order valence-electron chi connectivity index (χ1n) is 17.1. The largest absolute Gasteiger partial charge is 0.502 e. The van der Waals surface area contributed by atoms with Crippen LogP contribution in [-0.4, -0.2) is 78.6 Å². The molecule has 2 rings (SSSR count). The molecule has 272 valence electrons. The van der Waals surface area contributed by atoms with Crippen LogP contribution in [0, 0.1) is 0 Å². The number of carbonyl (C=O) groups excluding carboxylic acids is 2. The van der Waals surface area contributed by atoms with E-state index < -0.39 is 32.1 Å². The minimum atomic E-state index is -2.94. The van der Waals surface area contributed by atoms with Gasteiger partial charge in [0.1, 0.15) is 13.2 Å². The summed E-state index contributed by atoms with van der Waals surface area (Å²) in [4.78, 5) is 27.9. The molecular weight excluding hydrogens is 639 g/mol. The predicted octanol–water partition coefficient (Wildman–Crippen LogP) is 7.73. The van der Waals surface area contributed by atoms with Gasteiger partial charge in [-0.3, -0.25) is 4.90 Å². The van der Waals surface area contributed by atoms with Crippen molar-refractivity contribution in [1.82, 2.24) is 15.5 Å². The molecule has 0 aliphatic rings. The Hall–Kier alpha value is -3.48. The van der Waals surface area contributed by atoms with Gasteiger partial charge < -0.3 is 33.4 Å². The van der Waals surface area contributed by atoms with Gasteiger partial charge in [-0.25, -0.2) is 9.59 Å². The minimum Gasteiger partial charge on any atom is -0.448 e. The summed E-state index contributed by atoms with van der Waals surface area (Å²) in [6.07, 6.45) is -1.05. The number of amides is 2. The van der Waals surface area contributed by atoms with Crippen LogP contribution in [0.1, 0.15) is 84.6 Å². The lowest BCUT2D eigenvalue weighted by Gasteiger charge is -2.31. The Bertz CT molecular complexity index is 1290. The first kappa shape index (κ1) is 41.7. The zero-order valence-electron chi connectivity index (χ0n) is 31.2. The molecule has 2 N–H and O–H groups in total. The van der Waals surface area contributed by atoms with E-state index in [9.17, 15) is 9.59 Å². The number of benzene rings is 2. The molecule has 49 heavy (non-hydrogen) atoms. The fraction of sp³-hybridized carbons (Fsp3) is 0.526. The molecule has 0 atom stereocenters. The van der Waals surface area contributed by atoms with E-state index in [-0.39, 0.29) is 13.2 Å². The third-order valence-corrected chi connectivity index (χ3v) is 11.1. The minimum absolute atomic E-state index is 0.123. The monoisotopic (exact) mass is 697 g/mol. The maximum Gasteiger partial charge on any atom is 0.502 e.